The van der Waals surface area contributed by atoms with Crippen molar-refractivity contribution in [3.8, 4) is 11.5 Å². The van der Waals surface area contributed by atoms with Crippen LogP contribution in [0.15, 0.2) is 6.07 Å². The number of rotatable bonds is 3. The molecule has 0 radical (unpaired) electrons. The van der Waals surface area contributed by atoms with E-state index in [1.807, 2.05) is 6.07 Å². The normalized spacial score (nSPS) is 21.2. The quantitative estimate of drug-likeness (QED) is 0.859. The Labute approximate surface area is 125 Å². The lowest BCUT2D eigenvalue weighted by Crippen LogP contribution is -2.25. The first-order valence-electron chi connectivity index (χ1n) is 7.65. The molecule has 1 aromatic carbocycles. The number of ether oxygens (including phenoxy) is 2. The molecule has 0 saturated carbocycles. The number of nitrogens with one attached hydrogen (secondary N) is 1. The average Bonchev–Trinajstić information content (AvgIpc) is 2.68. The summed E-state index contributed by atoms with van der Waals surface area (Å²) in [4.78, 5) is 0. The minimum Gasteiger partial charge on any atom is -0.486 e. The molecule has 1 aliphatic carbocycles. The van der Waals surface area contributed by atoms with Gasteiger partial charge in [0.1, 0.15) is 13.2 Å². The standard InChI is InChI=1S/C16H22ClNO2/c1-2-7-18-13-6-4-3-5-11-12(17)10-14-16(15(11)13)20-9-8-19-14/h10,13,18H,2-9H2,1H3. The molecule has 0 spiro atoms. The summed E-state index contributed by atoms with van der Waals surface area (Å²) in [5, 5.41) is 4.48. The van der Waals surface area contributed by atoms with Crippen LogP contribution in [-0.2, 0) is 6.42 Å². The van der Waals surface area contributed by atoms with E-state index in [2.05, 4.69) is 12.2 Å². The van der Waals surface area contributed by atoms with Crippen molar-refractivity contribution in [1.29, 1.82) is 0 Å². The molecular formula is C16H22ClNO2. The van der Waals surface area contributed by atoms with Gasteiger partial charge in [-0.15, -0.1) is 0 Å². The van der Waals surface area contributed by atoms with E-state index in [9.17, 15) is 0 Å². The van der Waals surface area contributed by atoms with E-state index >= 15 is 0 Å². The summed E-state index contributed by atoms with van der Waals surface area (Å²) in [6.45, 7) is 4.45. The van der Waals surface area contributed by atoms with Crippen LogP contribution in [-0.4, -0.2) is 19.8 Å². The lowest BCUT2D eigenvalue weighted by Gasteiger charge is -2.27. The molecule has 1 heterocycles. The summed E-state index contributed by atoms with van der Waals surface area (Å²) in [6, 6.07) is 2.26. The van der Waals surface area contributed by atoms with Crippen molar-refractivity contribution in [2.75, 3.05) is 19.8 Å². The minimum absolute atomic E-state index is 0.335. The Morgan fingerprint density at radius 2 is 2.15 bits per heavy atom. The van der Waals surface area contributed by atoms with E-state index in [0.29, 0.717) is 19.3 Å². The van der Waals surface area contributed by atoms with Crippen LogP contribution < -0.4 is 14.8 Å². The Morgan fingerprint density at radius 1 is 1.30 bits per heavy atom. The first-order chi connectivity index (χ1) is 9.81. The van der Waals surface area contributed by atoms with Gasteiger partial charge in [0, 0.05) is 22.7 Å². The number of benzene rings is 1. The second-order valence-corrected chi connectivity index (χ2v) is 5.93. The maximum atomic E-state index is 6.49. The van der Waals surface area contributed by atoms with Crippen molar-refractivity contribution in [2.24, 2.45) is 0 Å². The molecule has 2 aliphatic rings. The van der Waals surface area contributed by atoms with Gasteiger partial charge in [0.2, 0.25) is 0 Å². The molecular weight excluding hydrogens is 274 g/mol. The molecule has 1 unspecified atom stereocenters. The molecule has 4 heteroatoms. The Hall–Kier alpha value is -0.930. The molecule has 1 N–H and O–H groups in total. The van der Waals surface area contributed by atoms with E-state index in [0.717, 1.165) is 42.3 Å². The fraction of sp³-hybridized carbons (Fsp3) is 0.625. The number of halogens is 1. The fourth-order valence-corrected chi connectivity index (χ4v) is 3.45. The maximum absolute atomic E-state index is 6.49. The van der Waals surface area contributed by atoms with Crippen molar-refractivity contribution in [2.45, 2.75) is 45.1 Å². The van der Waals surface area contributed by atoms with Gasteiger partial charge in [0.05, 0.1) is 0 Å². The van der Waals surface area contributed by atoms with Crippen molar-refractivity contribution in [3.05, 3.63) is 22.2 Å². The van der Waals surface area contributed by atoms with Gasteiger partial charge in [-0.25, -0.2) is 0 Å². The predicted octanol–water partition coefficient (Wildman–Crippen LogP) is 3.88. The molecule has 1 atom stereocenters. The summed E-state index contributed by atoms with van der Waals surface area (Å²) in [5.41, 5.74) is 2.50. The zero-order valence-corrected chi connectivity index (χ0v) is 12.8. The van der Waals surface area contributed by atoms with Crippen LogP contribution in [0.2, 0.25) is 5.02 Å². The number of hydrogen-bond donors (Lipinski definition) is 1. The van der Waals surface area contributed by atoms with Gasteiger partial charge in [0.15, 0.2) is 11.5 Å². The highest BCUT2D eigenvalue weighted by Crippen LogP contribution is 2.45. The summed E-state index contributed by atoms with van der Waals surface area (Å²) in [7, 11) is 0. The average molecular weight is 296 g/mol. The van der Waals surface area contributed by atoms with Gasteiger partial charge >= 0.3 is 0 Å². The topological polar surface area (TPSA) is 30.5 Å². The summed E-state index contributed by atoms with van der Waals surface area (Å²) < 4.78 is 11.6. The van der Waals surface area contributed by atoms with E-state index in [1.54, 1.807) is 0 Å². The van der Waals surface area contributed by atoms with Crippen LogP contribution in [0.4, 0.5) is 0 Å². The van der Waals surface area contributed by atoms with Crippen molar-refractivity contribution in [3.63, 3.8) is 0 Å². The SMILES string of the molecule is CCCNC1CCCCc2c(Cl)cc3c(c21)OCCO3. The van der Waals surface area contributed by atoms with Crippen molar-refractivity contribution >= 4 is 11.6 Å². The van der Waals surface area contributed by atoms with Crippen molar-refractivity contribution < 1.29 is 9.47 Å². The van der Waals surface area contributed by atoms with E-state index < -0.39 is 0 Å². The lowest BCUT2D eigenvalue weighted by molar-refractivity contribution is 0.168. The Morgan fingerprint density at radius 3 is 3.00 bits per heavy atom. The van der Waals surface area contributed by atoms with Crippen LogP contribution in [0, 0.1) is 0 Å². The monoisotopic (exact) mass is 295 g/mol. The Kier molecular flexibility index (Phi) is 4.37. The first kappa shape index (κ1) is 14.0. The molecule has 3 nitrogen and oxygen atoms in total. The second kappa shape index (κ2) is 6.23. The van der Waals surface area contributed by atoms with Crippen LogP contribution in [0.5, 0.6) is 11.5 Å². The summed E-state index contributed by atoms with van der Waals surface area (Å²) >= 11 is 6.49. The van der Waals surface area contributed by atoms with Gasteiger partial charge in [-0.2, -0.15) is 0 Å². The van der Waals surface area contributed by atoms with E-state index in [-0.39, 0.29) is 0 Å². The second-order valence-electron chi connectivity index (χ2n) is 5.53. The molecule has 0 saturated heterocycles. The highest BCUT2D eigenvalue weighted by atomic mass is 35.5. The van der Waals surface area contributed by atoms with Gasteiger partial charge in [-0.05, 0) is 37.8 Å². The van der Waals surface area contributed by atoms with E-state index in [4.69, 9.17) is 21.1 Å². The predicted molar refractivity (Wildman–Crippen MR) is 81.0 cm³/mol. The highest BCUT2D eigenvalue weighted by molar-refractivity contribution is 6.31. The third-order valence-corrected chi connectivity index (χ3v) is 4.42. The molecule has 110 valence electrons. The molecule has 0 fully saturated rings. The first-order valence-corrected chi connectivity index (χ1v) is 8.03. The number of fused-ring (bicyclic) bond motifs is 3. The minimum atomic E-state index is 0.335. The van der Waals surface area contributed by atoms with Gasteiger partial charge in [0.25, 0.3) is 0 Å². The smallest absolute Gasteiger partial charge is 0.166 e. The molecule has 0 bridgehead atoms. The van der Waals surface area contributed by atoms with Crippen LogP contribution in [0.3, 0.4) is 0 Å². The zero-order valence-electron chi connectivity index (χ0n) is 12.0. The maximum Gasteiger partial charge on any atom is 0.166 e. The molecule has 1 aliphatic heterocycles. The third-order valence-electron chi connectivity index (χ3n) is 4.09. The van der Waals surface area contributed by atoms with Crippen LogP contribution in [0.1, 0.15) is 49.8 Å². The highest BCUT2D eigenvalue weighted by Gasteiger charge is 2.28. The van der Waals surface area contributed by atoms with Crippen LogP contribution in [0.25, 0.3) is 0 Å². The number of hydrogen-bond acceptors (Lipinski definition) is 3. The molecule has 0 amide bonds. The van der Waals surface area contributed by atoms with Gasteiger partial charge < -0.3 is 14.8 Å². The largest absolute Gasteiger partial charge is 0.486 e. The van der Waals surface area contributed by atoms with Crippen LogP contribution >= 0.6 is 11.6 Å². The Bertz CT molecular complexity index is 490. The van der Waals surface area contributed by atoms with Gasteiger partial charge in [-0.3, -0.25) is 0 Å². The molecule has 0 aromatic heterocycles. The van der Waals surface area contributed by atoms with Crippen molar-refractivity contribution in [1.82, 2.24) is 5.32 Å². The Balaban J connectivity index is 2.06. The van der Waals surface area contributed by atoms with Gasteiger partial charge in [-0.1, -0.05) is 24.9 Å². The third kappa shape index (κ3) is 2.61. The molecule has 1 aromatic rings. The summed E-state index contributed by atoms with van der Waals surface area (Å²) in [6.07, 6.45) is 5.73. The lowest BCUT2D eigenvalue weighted by atomic mass is 9.96. The summed E-state index contributed by atoms with van der Waals surface area (Å²) in [5.74, 6) is 1.73. The zero-order chi connectivity index (χ0) is 13.9. The molecule has 3 rings (SSSR count). The fourth-order valence-electron chi connectivity index (χ4n) is 3.16. The molecule has 20 heavy (non-hydrogen) atoms. The van der Waals surface area contributed by atoms with E-state index in [1.165, 1.54) is 24.0 Å².